The molecule has 1 fully saturated rings. The van der Waals surface area contributed by atoms with Gasteiger partial charge in [-0.15, -0.1) is 0 Å². The zero-order valence-electron chi connectivity index (χ0n) is 14.2. The molecule has 0 N–H and O–H groups in total. The van der Waals surface area contributed by atoms with Gasteiger partial charge in [-0.3, -0.25) is 4.90 Å². The fourth-order valence-electron chi connectivity index (χ4n) is 2.91. The maximum atomic E-state index is 6.17. The molecule has 1 aliphatic rings. The minimum absolute atomic E-state index is 0.370. The number of aryl methyl sites for hydroxylation is 1. The van der Waals surface area contributed by atoms with Crippen LogP contribution in [0.15, 0.2) is 42.5 Å². The van der Waals surface area contributed by atoms with E-state index < -0.39 is 0 Å². The number of morpholine rings is 1. The maximum absolute atomic E-state index is 6.17. The molecule has 134 valence electrons. The minimum atomic E-state index is 0.370. The molecule has 1 saturated heterocycles. The van der Waals surface area contributed by atoms with E-state index in [1.54, 1.807) is 0 Å². The van der Waals surface area contributed by atoms with Crippen LogP contribution >= 0.6 is 23.2 Å². The highest BCUT2D eigenvalue weighted by Crippen LogP contribution is 2.26. The van der Waals surface area contributed by atoms with Gasteiger partial charge in [-0.2, -0.15) is 0 Å². The molecule has 0 saturated carbocycles. The van der Waals surface area contributed by atoms with Gasteiger partial charge in [0.05, 0.1) is 13.2 Å². The van der Waals surface area contributed by atoms with Crippen LogP contribution in [0, 0.1) is 0 Å². The molecule has 0 aromatic heterocycles. The van der Waals surface area contributed by atoms with Crippen molar-refractivity contribution >= 4 is 23.2 Å². The number of rotatable bonds is 7. The summed E-state index contributed by atoms with van der Waals surface area (Å²) in [4.78, 5) is 2.47. The van der Waals surface area contributed by atoms with Gasteiger partial charge in [-0.1, -0.05) is 41.4 Å². The topological polar surface area (TPSA) is 21.7 Å². The molecule has 0 amide bonds. The van der Waals surface area contributed by atoms with Crippen LogP contribution in [-0.2, 0) is 17.8 Å². The van der Waals surface area contributed by atoms with Crippen LogP contribution in [0.2, 0.25) is 10.0 Å². The van der Waals surface area contributed by atoms with Crippen LogP contribution < -0.4 is 4.74 Å². The lowest BCUT2D eigenvalue weighted by Crippen LogP contribution is -2.36. The number of nitrogens with zero attached hydrogens (tertiary/aromatic N) is 1. The molecule has 25 heavy (non-hydrogen) atoms. The molecule has 2 aromatic rings. The van der Waals surface area contributed by atoms with Crippen LogP contribution in [0.5, 0.6) is 5.75 Å². The third-order valence-corrected chi connectivity index (χ3v) is 5.12. The highest BCUT2D eigenvalue weighted by Gasteiger charge is 2.09. The normalized spacial score (nSPS) is 15.3. The van der Waals surface area contributed by atoms with Crippen molar-refractivity contribution in [3.63, 3.8) is 0 Å². The molecule has 0 aliphatic carbocycles. The lowest BCUT2D eigenvalue weighted by Gasteiger charge is -2.26. The Morgan fingerprint density at radius 2 is 1.64 bits per heavy atom. The Hall–Kier alpha value is -1.26. The van der Waals surface area contributed by atoms with Crippen molar-refractivity contribution in [2.45, 2.75) is 19.4 Å². The van der Waals surface area contributed by atoms with E-state index in [9.17, 15) is 0 Å². The molecule has 1 heterocycles. The molecule has 0 radical (unpaired) electrons. The smallest absolute Gasteiger partial charge is 0.119 e. The zero-order valence-corrected chi connectivity index (χ0v) is 15.7. The lowest BCUT2D eigenvalue weighted by molar-refractivity contribution is 0.0374. The lowest BCUT2D eigenvalue weighted by atomic mass is 10.1. The van der Waals surface area contributed by atoms with Gasteiger partial charge in [-0.25, -0.2) is 0 Å². The first-order valence-corrected chi connectivity index (χ1v) is 9.43. The number of benzene rings is 2. The maximum Gasteiger partial charge on any atom is 0.119 e. The fraction of sp³-hybridized carbons (Fsp3) is 0.400. The van der Waals surface area contributed by atoms with Crippen LogP contribution in [-0.4, -0.2) is 37.7 Å². The van der Waals surface area contributed by atoms with Gasteiger partial charge >= 0.3 is 0 Å². The number of ether oxygens (including phenoxy) is 2. The second-order valence-corrected chi connectivity index (χ2v) is 7.00. The van der Waals surface area contributed by atoms with Gasteiger partial charge in [0.15, 0.2) is 0 Å². The number of hydrogen-bond acceptors (Lipinski definition) is 3. The molecule has 1 aliphatic heterocycles. The summed E-state index contributed by atoms with van der Waals surface area (Å²) in [5.74, 6) is 0.827. The average molecular weight is 380 g/mol. The molecule has 2 aromatic carbocycles. The second-order valence-electron chi connectivity index (χ2n) is 6.19. The van der Waals surface area contributed by atoms with Crippen LogP contribution in [0.1, 0.15) is 17.5 Å². The number of halogens is 2. The summed E-state index contributed by atoms with van der Waals surface area (Å²) in [6.07, 6.45) is 2.24. The van der Waals surface area contributed by atoms with Crippen molar-refractivity contribution in [2.75, 3.05) is 32.8 Å². The van der Waals surface area contributed by atoms with E-state index in [1.165, 1.54) is 5.56 Å². The fourth-order valence-corrected chi connectivity index (χ4v) is 3.42. The van der Waals surface area contributed by atoms with Gasteiger partial charge in [0.25, 0.3) is 0 Å². The van der Waals surface area contributed by atoms with Gasteiger partial charge in [0.2, 0.25) is 0 Å². The zero-order chi connectivity index (χ0) is 17.5. The van der Waals surface area contributed by atoms with Crippen molar-refractivity contribution in [3.8, 4) is 5.75 Å². The average Bonchev–Trinajstić information content (AvgIpc) is 2.63. The highest BCUT2D eigenvalue weighted by molar-refractivity contribution is 6.35. The monoisotopic (exact) mass is 379 g/mol. The first-order chi connectivity index (χ1) is 12.2. The summed E-state index contributed by atoms with van der Waals surface area (Å²) in [6.45, 7) is 5.33. The van der Waals surface area contributed by atoms with Gasteiger partial charge in [-0.05, 0) is 49.2 Å². The van der Waals surface area contributed by atoms with Crippen LogP contribution in [0.3, 0.4) is 0 Å². The van der Waals surface area contributed by atoms with Crippen LogP contribution in [0.25, 0.3) is 0 Å². The van der Waals surface area contributed by atoms with E-state index in [4.69, 9.17) is 32.7 Å². The molecule has 3 rings (SSSR count). The van der Waals surface area contributed by atoms with Crippen LogP contribution in [0.4, 0.5) is 0 Å². The van der Waals surface area contributed by atoms with E-state index in [2.05, 4.69) is 17.0 Å². The SMILES string of the molecule is Clc1cccc(Cl)c1COc1ccc(CCCN2CCOCC2)cc1. The van der Waals surface area contributed by atoms with E-state index in [0.29, 0.717) is 16.7 Å². The quantitative estimate of drug-likeness (QED) is 0.686. The molecule has 0 unspecified atom stereocenters. The summed E-state index contributed by atoms with van der Waals surface area (Å²) >= 11 is 12.3. The predicted molar refractivity (Wildman–Crippen MR) is 103 cm³/mol. The summed E-state index contributed by atoms with van der Waals surface area (Å²) in [7, 11) is 0. The standard InChI is InChI=1S/C20H23Cl2NO2/c21-19-4-1-5-20(22)18(19)15-25-17-8-6-16(7-9-17)3-2-10-23-11-13-24-14-12-23/h1,4-9H,2-3,10-15H2. The van der Waals surface area contributed by atoms with E-state index in [1.807, 2.05) is 30.3 Å². The Labute approximate surface area is 159 Å². The van der Waals surface area contributed by atoms with Crippen molar-refractivity contribution in [2.24, 2.45) is 0 Å². The Morgan fingerprint density at radius 3 is 2.32 bits per heavy atom. The predicted octanol–water partition coefficient (Wildman–Crippen LogP) is 4.84. The van der Waals surface area contributed by atoms with Gasteiger partial charge < -0.3 is 9.47 Å². The highest BCUT2D eigenvalue weighted by atomic mass is 35.5. The first-order valence-electron chi connectivity index (χ1n) is 8.67. The Balaban J connectivity index is 1.45. The second kappa shape index (κ2) is 9.44. The van der Waals surface area contributed by atoms with Gasteiger partial charge in [0, 0.05) is 28.7 Å². The first kappa shape index (κ1) is 18.5. The number of hydrogen-bond donors (Lipinski definition) is 0. The van der Waals surface area contributed by atoms with E-state index in [0.717, 1.165) is 57.0 Å². The summed E-state index contributed by atoms with van der Waals surface area (Å²) in [6, 6.07) is 13.8. The Morgan fingerprint density at radius 1 is 0.960 bits per heavy atom. The molecule has 3 nitrogen and oxygen atoms in total. The molecule has 0 bridgehead atoms. The largest absolute Gasteiger partial charge is 0.489 e. The Kier molecular flexibility index (Phi) is 7.00. The molecule has 0 spiro atoms. The molecular weight excluding hydrogens is 357 g/mol. The minimum Gasteiger partial charge on any atom is -0.489 e. The summed E-state index contributed by atoms with van der Waals surface area (Å²) < 4.78 is 11.2. The van der Waals surface area contributed by atoms with Crippen molar-refractivity contribution in [1.29, 1.82) is 0 Å². The summed E-state index contributed by atoms with van der Waals surface area (Å²) in [5, 5.41) is 1.26. The third-order valence-electron chi connectivity index (χ3n) is 4.41. The van der Waals surface area contributed by atoms with E-state index in [-0.39, 0.29) is 0 Å². The van der Waals surface area contributed by atoms with Crippen molar-refractivity contribution in [3.05, 3.63) is 63.6 Å². The third kappa shape index (κ3) is 5.61. The van der Waals surface area contributed by atoms with Crippen molar-refractivity contribution in [1.82, 2.24) is 4.90 Å². The summed E-state index contributed by atoms with van der Waals surface area (Å²) in [5.41, 5.74) is 2.15. The van der Waals surface area contributed by atoms with Crippen molar-refractivity contribution < 1.29 is 9.47 Å². The molecule has 5 heteroatoms. The Bertz CT molecular complexity index is 650. The van der Waals surface area contributed by atoms with E-state index >= 15 is 0 Å². The van der Waals surface area contributed by atoms with Gasteiger partial charge in [0.1, 0.15) is 12.4 Å². The molecule has 0 atom stereocenters. The molecular formula is C20H23Cl2NO2.